The minimum Gasteiger partial charge on any atom is -0.438 e. The third-order valence-electron chi connectivity index (χ3n) is 4.29. The Hall–Kier alpha value is -2.33. The summed E-state index contributed by atoms with van der Waals surface area (Å²) in [5, 5.41) is 0.989. The van der Waals surface area contributed by atoms with E-state index in [1.165, 1.54) is 11.1 Å². The van der Waals surface area contributed by atoms with Gasteiger partial charge >= 0.3 is 0 Å². The molecule has 4 heteroatoms. The first kappa shape index (κ1) is 15.2. The van der Waals surface area contributed by atoms with Gasteiger partial charge in [0.2, 0.25) is 5.88 Å². The van der Waals surface area contributed by atoms with E-state index >= 15 is 0 Å². The molecule has 0 fully saturated rings. The first-order valence-electron chi connectivity index (χ1n) is 7.94. The maximum atomic E-state index is 6.17. The van der Waals surface area contributed by atoms with E-state index in [0.29, 0.717) is 5.88 Å². The van der Waals surface area contributed by atoms with Crippen molar-refractivity contribution in [3.05, 3.63) is 64.7 Å². The standard InChI is InChI=1S/C20H18N2OS/c1-12-7-9-14(10-8-12)18-21-19-16(20(22-18)24-3)11-15-6-4-5-13(2)17(15)23-19/h4-10H,11H2,1-3H3. The molecular weight excluding hydrogens is 316 g/mol. The fourth-order valence-electron chi connectivity index (χ4n) is 2.97. The highest BCUT2D eigenvalue weighted by atomic mass is 32.2. The number of ether oxygens (including phenoxy) is 1. The summed E-state index contributed by atoms with van der Waals surface area (Å²) in [6.45, 7) is 4.15. The predicted molar refractivity (Wildman–Crippen MR) is 98.0 cm³/mol. The normalized spacial score (nSPS) is 12.3. The Morgan fingerprint density at radius 2 is 1.79 bits per heavy atom. The molecule has 0 spiro atoms. The molecule has 0 amide bonds. The molecule has 0 unspecified atom stereocenters. The number of thioether (sulfide) groups is 1. The molecule has 2 aromatic carbocycles. The molecule has 2 heterocycles. The van der Waals surface area contributed by atoms with Crippen LogP contribution in [0.15, 0.2) is 47.5 Å². The molecule has 0 radical (unpaired) electrons. The zero-order valence-electron chi connectivity index (χ0n) is 14.0. The number of aryl methyl sites for hydroxylation is 2. The highest BCUT2D eigenvalue weighted by Gasteiger charge is 2.24. The molecule has 0 saturated heterocycles. The predicted octanol–water partition coefficient (Wildman–Crippen LogP) is 5.18. The third kappa shape index (κ3) is 2.57. The van der Waals surface area contributed by atoms with Gasteiger partial charge < -0.3 is 4.74 Å². The molecule has 0 aliphatic carbocycles. The number of benzene rings is 2. The van der Waals surface area contributed by atoms with Gasteiger partial charge in [0, 0.05) is 12.0 Å². The van der Waals surface area contributed by atoms with Crippen molar-refractivity contribution in [3.63, 3.8) is 0 Å². The van der Waals surface area contributed by atoms with Gasteiger partial charge in [0.1, 0.15) is 10.8 Å². The second kappa shape index (κ2) is 5.95. The van der Waals surface area contributed by atoms with Gasteiger partial charge in [-0.15, -0.1) is 11.8 Å². The van der Waals surface area contributed by atoms with Crippen LogP contribution in [0.1, 0.15) is 22.3 Å². The molecule has 0 N–H and O–H groups in total. The van der Waals surface area contributed by atoms with Crippen molar-refractivity contribution in [2.75, 3.05) is 6.26 Å². The summed E-state index contributed by atoms with van der Waals surface area (Å²) in [4.78, 5) is 9.49. The number of nitrogens with zero attached hydrogens (tertiary/aromatic N) is 2. The SMILES string of the molecule is CSc1nc(-c2ccc(C)cc2)nc2c1Cc1cccc(C)c1O2. The average molecular weight is 334 g/mol. The highest BCUT2D eigenvalue weighted by molar-refractivity contribution is 7.98. The zero-order chi connectivity index (χ0) is 16.7. The van der Waals surface area contributed by atoms with Gasteiger partial charge in [-0.1, -0.05) is 48.0 Å². The third-order valence-corrected chi connectivity index (χ3v) is 5.02. The lowest BCUT2D eigenvalue weighted by molar-refractivity contribution is 0.432. The Morgan fingerprint density at radius 1 is 1.00 bits per heavy atom. The van der Waals surface area contributed by atoms with E-state index in [1.807, 2.05) is 6.26 Å². The van der Waals surface area contributed by atoms with Crippen molar-refractivity contribution in [2.24, 2.45) is 0 Å². The number of hydrogen-bond donors (Lipinski definition) is 0. The Labute approximate surface area is 146 Å². The quantitative estimate of drug-likeness (QED) is 0.374. The van der Waals surface area contributed by atoms with E-state index < -0.39 is 0 Å². The molecule has 0 bridgehead atoms. The second-order valence-electron chi connectivity index (χ2n) is 6.05. The van der Waals surface area contributed by atoms with Crippen LogP contribution in [0.2, 0.25) is 0 Å². The van der Waals surface area contributed by atoms with Crippen LogP contribution in [0.4, 0.5) is 0 Å². The van der Waals surface area contributed by atoms with E-state index in [0.717, 1.165) is 39.7 Å². The Kier molecular flexibility index (Phi) is 3.77. The fraction of sp³-hybridized carbons (Fsp3) is 0.200. The van der Waals surface area contributed by atoms with Crippen molar-refractivity contribution in [3.8, 4) is 23.0 Å². The van der Waals surface area contributed by atoms with E-state index in [1.54, 1.807) is 11.8 Å². The first-order chi connectivity index (χ1) is 11.7. The molecular formula is C20H18N2OS. The van der Waals surface area contributed by atoms with E-state index in [-0.39, 0.29) is 0 Å². The Bertz CT molecular complexity index is 920. The van der Waals surface area contributed by atoms with Crippen LogP contribution >= 0.6 is 11.8 Å². The maximum Gasteiger partial charge on any atom is 0.227 e. The zero-order valence-corrected chi connectivity index (χ0v) is 14.8. The summed E-state index contributed by atoms with van der Waals surface area (Å²) in [7, 11) is 0. The topological polar surface area (TPSA) is 35.0 Å². The molecule has 0 saturated carbocycles. The first-order valence-corrected chi connectivity index (χ1v) is 9.16. The van der Waals surface area contributed by atoms with Crippen LogP contribution in [0.5, 0.6) is 11.6 Å². The fourth-order valence-corrected chi connectivity index (χ4v) is 3.55. The number of para-hydroxylation sites is 1. The van der Waals surface area contributed by atoms with Gasteiger partial charge in [0.25, 0.3) is 0 Å². The molecule has 1 aromatic heterocycles. The lowest BCUT2D eigenvalue weighted by atomic mass is 10.0. The maximum absolute atomic E-state index is 6.17. The minimum atomic E-state index is 0.687. The van der Waals surface area contributed by atoms with Gasteiger partial charge in [-0.3, -0.25) is 0 Å². The molecule has 4 rings (SSSR count). The monoisotopic (exact) mass is 334 g/mol. The highest BCUT2D eigenvalue weighted by Crippen LogP contribution is 2.41. The van der Waals surface area contributed by atoms with Crippen molar-refractivity contribution in [2.45, 2.75) is 25.3 Å². The van der Waals surface area contributed by atoms with Crippen molar-refractivity contribution >= 4 is 11.8 Å². The van der Waals surface area contributed by atoms with Crippen molar-refractivity contribution < 1.29 is 4.74 Å². The van der Waals surface area contributed by atoms with Gasteiger partial charge in [-0.2, -0.15) is 4.98 Å². The van der Waals surface area contributed by atoms with Crippen LogP contribution in [-0.2, 0) is 6.42 Å². The molecule has 1 aliphatic rings. The Balaban J connectivity index is 1.84. The second-order valence-corrected chi connectivity index (χ2v) is 6.84. The van der Waals surface area contributed by atoms with Crippen molar-refractivity contribution in [1.29, 1.82) is 0 Å². The van der Waals surface area contributed by atoms with E-state index in [2.05, 4.69) is 56.3 Å². The lowest BCUT2D eigenvalue weighted by Crippen LogP contribution is -2.09. The minimum absolute atomic E-state index is 0.687. The van der Waals surface area contributed by atoms with E-state index in [4.69, 9.17) is 14.7 Å². The van der Waals surface area contributed by atoms with Crippen LogP contribution in [0.3, 0.4) is 0 Å². The van der Waals surface area contributed by atoms with Gasteiger partial charge in [0.05, 0.1) is 5.56 Å². The Morgan fingerprint density at radius 3 is 2.54 bits per heavy atom. The summed E-state index contributed by atoms with van der Waals surface area (Å²) < 4.78 is 6.17. The molecule has 0 atom stereocenters. The van der Waals surface area contributed by atoms with Gasteiger partial charge in [0.15, 0.2) is 5.82 Å². The van der Waals surface area contributed by atoms with Crippen LogP contribution in [0.25, 0.3) is 11.4 Å². The molecule has 3 aromatic rings. The smallest absolute Gasteiger partial charge is 0.227 e. The van der Waals surface area contributed by atoms with Crippen molar-refractivity contribution in [1.82, 2.24) is 9.97 Å². The largest absolute Gasteiger partial charge is 0.438 e. The number of hydrogen-bond acceptors (Lipinski definition) is 4. The molecule has 3 nitrogen and oxygen atoms in total. The van der Waals surface area contributed by atoms with Gasteiger partial charge in [-0.25, -0.2) is 4.98 Å². The number of aromatic nitrogens is 2. The van der Waals surface area contributed by atoms with Crippen LogP contribution in [0, 0.1) is 13.8 Å². The number of fused-ring (bicyclic) bond motifs is 2. The summed E-state index contributed by atoms with van der Waals surface area (Å²) in [6.07, 6.45) is 2.87. The summed E-state index contributed by atoms with van der Waals surface area (Å²) in [5.74, 6) is 2.34. The molecule has 1 aliphatic heterocycles. The summed E-state index contributed by atoms with van der Waals surface area (Å²) >= 11 is 1.64. The van der Waals surface area contributed by atoms with Gasteiger partial charge in [-0.05, 0) is 31.2 Å². The summed E-state index contributed by atoms with van der Waals surface area (Å²) in [6, 6.07) is 14.5. The summed E-state index contributed by atoms with van der Waals surface area (Å²) in [5.41, 5.74) is 5.65. The number of rotatable bonds is 2. The van der Waals surface area contributed by atoms with E-state index in [9.17, 15) is 0 Å². The van der Waals surface area contributed by atoms with Crippen LogP contribution in [-0.4, -0.2) is 16.2 Å². The van der Waals surface area contributed by atoms with Crippen LogP contribution < -0.4 is 4.74 Å². The lowest BCUT2D eigenvalue weighted by Gasteiger charge is -2.22. The molecule has 24 heavy (non-hydrogen) atoms. The average Bonchev–Trinajstić information content (AvgIpc) is 2.60. The molecule has 120 valence electrons.